The molecule has 0 saturated heterocycles. The maximum Gasteiger partial charge on any atom is 0.255 e. The number of carbonyl (C=O) groups is 1. The van der Waals surface area contributed by atoms with Crippen LogP contribution in [0.15, 0.2) is 30.7 Å². The molecule has 5 nitrogen and oxygen atoms in total. The van der Waals surface area contributed by atoms with Crippen molar-refractivity contribution in [3.05, 3.63) is 36.3 Å². The second kappa shape index (κ2) is 5.36. The highest BCUT2D eigenvalue weighted by molar-refractivity contribution is 6.04. The van der Waals surface area contributed by atoms with Gasteiger partial charge in [-0.1, -0.05) is 0 Å². The summed E-state index contributed by atoms with van der Waals surface area (Å²) in [6.07, 6.45) is 5.36. The average Bonchev–Trinajstić information content (AvgIpc) is 2.38. The van der Waals surface area contributed by atoms with Crippen LogP contribution in [0.4, 0.5) is 0 Å². The minimum atomic E-state index is -0.213. The second-order valence-corrected chi connectivity index (χ2v) is 3.60. The Hall–Kier alpha value is -2.01. The van der Waals surface area contributed by atoms with Crippen LogP contribution in [0.1, 0.15) is 16.8 Å². The number of pyridine rings is 2. The lowest BCUT2D eigenvalue weighted by molar-refractivity contribution is 0.0952. The summed E-state index contributed by atoms with van der Waals surface area (Å²) in [6.45, 7) is 0.505. The van der Waals surface area contributed by atoms with Gasteiger partial charge in [-0.05, 0) is 18.6 Å². The van der Waals surface area contributed by atoms with Gasteiger partial charge in [0.25, 0.3) is 5.91 Å². The predicted octanol–water partition coefficient (Wildman–Crippen LogP) is 0.742. The van der Waals surface area contributed by atoms with Crippen molar-refractivity contribution in [2.75, 3.05) is 13.2 Å². The molecular formula is C12H13N3O2. The third-order valence-corrected chi connectivity index (χ3v) is 2.38. The summed E-state index contributed by atoms with van der Waals surface area (Å²) in [4.78, 5) is 20.1. The Labute approximate surface area is 98.5 Å². The highest BCUT2D eigenvalue weighted by Gasteiger charge is 2.10. The molecule has 0 fully saturated rings. The van der Waals surface area contributed by atoms with Crippen LogP contribution in [0.25, 0.3) is 10.9 Å². The molecule has 0 radical (unpaired) electrons. The maximum atomic E-state index is 11.9. The minimum absolute atomic E-state index is 0.0618. The van der Waals surface area contributed by atoms with Gasteiger partial charge < -0.3 is 10.4 Å². The largest absolute Gasteiger partial charge is 0.396 e. The Morgan fingerprint density at radius 3 is 3.12 bits per heavy atom. The van der Waals surface area contributed by atoms with E-state index in [4.69, 9.17) is 5.11 Å². The zero-order chi connectivity index (χ0) is 12.1. The van der Waals surface area contributed by atoms with Crippen LogP contribution in [0.2, 0.25) is 0 Å². The molecule has 0 aliphatic rings. The Morgan fingerprint density at radius 1 is 1.41 bits per heavy atom. The fourth-order valence-corrected chi connectivity index (χ4v) is 1.54. The number of hydrogen-bond acceptors (Lipinski definition) is 4. The van der Waals surface area contributed by atoms with E-state index in [2.05, 4.69) is 15.3 Å². The van der Waals surface area contributed by atoms with Crippen molar-refractivity contribution in [2.45, 2.75) is 6.42 Å². The van der Waals surface area contributed by atoms with E-state index in [-0.39, 0.29) is 12.5 Å². The predicted molar refractivity (Wildman–Crippen MR) is 63.6 cm³/mol. The summed E-state index contributed by atoms with van der Waals surface area (Å²) >= 11 is 0. The van der Waals surface area contributed by atoms with Gasteiger partial charge in [0.2, 0.25) is 0 Å². The SMILES string of the molecule is O=C(NCCCO)c1cncc2cccnc12. The molecule has 2 heterocycles. The van der Waals surface area contributed by atoms with Gasteiger partial charge in [0.05, 0.1) is 11.1 Å². The molecule has 17 heavy (non-hydrogen) atoms. The summed E-state index contributed by atoms with van der Waals surface area (Å²) in [5.41, 5.74) is 1.10. The van der Waals surface area contributed by atoms with Crippen molar-refractivity contribution in [1.82, 2.24) is 15.3 Å². The number of fused-ring (bicyclic) bond motifs is 1. The topological polar surface area (TPSA) is 75.1 Å². The van der Waals surface area contributed by atoms with E-state index in [0.717, 1.165) is 5.39 Å². The van der Waals surface area contributed by atoms with E-state index >= 15 is 0 Å². The third kappa shape index (κ3) is 2.57. The number of aliphatic hydroxyl groups excluding tert-OH is 1. The van der Waals surface area contributed by atoms with Crippen molar-refractivity contribution in [1.29, 1.82) is 0 Å². The molecule has 2 rings (SSSR count). The van der Waals surface area contributed by atoms with Gasteiger partial charge >= 0.3 is 0 Å². The van der Waals surface area contributed by atoms with E-state index in [1.807, 2.05) is 6.07 Å². The van der Waals surface area contributed by atoms with E-state index in [9.17, 15) is 4.79 Å². The fraction of sp³-hybridized carbons (Fsp3) is 0.250. The molecular weight excluding hydrogens is 218 g/mol. The van der Waals surface area contributed by atoms with Crippen LogP contribution in [0.3, 0.4) is 0 Å². The molecule has 0 bridgehead atoms. The molecule has 2 aromatic rings. The summed E-state index contributed by atoms with van der Waals surface area (Å²) in [7, 11) is 0. The van der Waals surface area contributed by atoms with Gasteiger partial charge in [0.15, 0.2) is 0 Å². The van der Waals surface area contributed by atoms with Gasteiger partial charge in [0, 0.05) is 37.1 Å². The molecule has 2 N–H and O–H groups in total. The molecule has 1 amide bonds. The molecule has 0 saturated carbocycles. The first-order valence-electron chi connectivity index (χ1n) is 5.40. The average molecular weight is 231 g/mol. The molecule has 5 heteroatoms. The van der Waals surface area contributed by atoms with Gasteiger partial charge in [-0.25, -0.2) is 0 Å². The monoisotopic (exact) mass is 231 g/mol. The molecule has 88 valence electrons. The lowest BCUT2D eigenvalue weighted by Gasteiger charge is -2.05. The molecule has 0 aliphatic carbocycles. The first-order chi connectivity index (χ1) is 8.33. The lowest BCUT2D eigenvalue weighted by atomic mass is 10.2. The van der Waals surface area contributed by atoms with Crippen molar-refractivity contribution < 1.29 is 9.90 Å². The zero-order valence-electron chi connectivity index (χ0n) is 9.26. The van der Waals surface area contributed by atoms with Crippen LogP contribution in [0.5, 0.6) is 0 Å². The van der Waals surface area contributed by atoms with Gasteiger partial charge in [-0.15, -0.1) is 0 Å². The normalized spacial score (nSPS) is 10.4. The number of nitrogens with one attached hydrogen (secondary N) is 1. The quantitative estimate of drug-likeness (QED) is 0.761. The van der Waals surface area contributed by atoms with E-state index in [1.54, 1.807) is 18.5 Å². The van der Waals surface area contributed by atoms with E-state index < -0.39 is 0 Å². The summed E-state index contributed by atoms with van der Waals surface area (Å²) in [5, 5.41) is 12.2. The summed E-state index contributed by atoms with van der Waals surface area (Å²) in [5.74, 6) is -0.213. The molecule has 0 spiro atoms. The van der Waals surface area contributed by atoms with Crippen molar-refractivity contribution in [3.8, 4) is 0 Å². The van der Waals surface area contributed by atoms with Crippen LogP contribution < -0.4 is 5.32 Å². The number of nitrogens with zero attached hydrogens (tertiary/aromatic N) is 2. The van der Waals surface area contributed by atoms with Crippen molar-refractivity contribution >= 4 is 16.8 Å². The van der Waals surface area contributed by atoms with Crippen molar-refractivity contribution in [2.24, 2.45) is 0 Å². The number of rotatable bonds is 4. The van der Waals surface area contributed by atoms with Crippen molar-refractivity contribution in [3.63, 3.8) is 0 Å². The van der Waals surface area contributed by atoms with E-state index in [1.165, 1.54) is 6.20 Å². The van der Waals surface area contributed by atoms with Crippen LogP contribution in [0, 0.1) is 0 Å². The molecule has 0 aliphatic heterocycles. The van der Waals surface area contributed by atoms with Crippen LogP contribution in [-0.2, 0) is 0 Å². The lowest BCUT2D eigenvalue weighted by Crippen LogP contribution is -2.25. The summed E-state index contributed by atoms with van der Waals surface area (Å²) < 4.78 is 0. The third-order valence-electron chi connectivity index (χ3n) is 2.38. The molecule has 0 aromatic carbocycles. The first-order valence-corrected chi connectivity index (χ1v) is 5.40. The highest BCUT2D eigenvalue weighted by atomic mass is 16.3. The van der Waals surface area contributed by atoms with Gasteiger partial charge in [0.1, 0.15) is 0 Å². The van der Waals surface area contributed by atoms with Gasteiger partial charge in [-0.3, -0.25) is 14.8 Å². The minimum Gasteiger partial charge on any atom is -0.396 e. The van der Waals surface area contributed by atoms with Crippen LogP contribution in [-0.4, -0.2) is 34.1 Å². The molecule has 0 atom stereocenters. The number of aromatic nitrogens is 2. The number of amides is 1. The van der Waals surface area contributed by atoms with E-state index in [0.29, 0.717) is 24.0 Å². The Morgan fingerprint density at radius 2 is 2.29 bits per heavy atom. The standard InChI is InChI=1S/C12H13N3O2/c16-6-2-5-15-12(17)10-8-13-7-9-3-1-4-14-11(9)10/h1,3-4,7-8,16H,2,5-6H2,(H,15,17). The maximum absolute atomic E-state index is 11.9. The molecule has 0 unspecified atom stereocenters. The second-order valence-electron chi connectivity index (χ2n) is 3.60. The number of aliphatic hydroxyl groups is 1. The Kier molecular flexibility index (Phi) is 3.62. The van der Waals surface area contributed by atoms with Gasteiger partial charge in [-0.2, -0.15) is 0 Å². The first kappa shape index (κ1) is 11.5. The molecule has 2 aromatic heterocycles. The highest BCUT2D eigenvalue weighted by Crippen LogP contribution is 2.13. The Balaban J connectivity index is 2.26. The van der Waals surface area contributed by atoms with Crippen LogP contribution >= 0.6 is 0 Å². The summed E-state index contributed by atoms with van der Waals surface area (Å²) in [6, 6.07) is 3.66. The fourth-order valence-electron chi connectivity index (χ4n) is 1.54. The Bertz CT molecular complexity index is 523. The zero-order valence-corrected chi connectivity index (χ0v) is 9.26. The smallest absolute Gasteiger partial charge is 0.255 e. The number of hydrogen-bond donors (Lipinski definition) is 2. The number of carbonyl (C=O) groups excluding carboxylic acids is 1.